The second kappa shape index (κ2) is 8.39. The first-order chi connectivity index (χ1) is 12.9. The van der Waals surface area contributed by atoms with Gasteiger partial charge in [0.05, 0.1) is 12.7 Å². The van der Waals surface area contributed by atoms with Gasteiger partial charge >= 0.3 is 0 Å². The van der Waals surface area contributed by atoms with Crippen molar-refractivity contribution < 1.29 is 9.53 Å². The SMILES string of the molecule is Cc1ccc(C(C)C)c(O[C@@H](C)C(=O)Nc2ccnn2Cc2cccs2)c1. The lowest BCUT2D eigenvalue weighted by Gasteiger charge is -2.19. The number of anilines is 1. The molecule has 0 bridgehead atoms. The Kier molecular flexibility index (Phi) is 5.96. The van der Waals surface area contributed by atoms with E-state index in [0.29, 0.717) is 18.3 Å². The number of ether oxygens (including phenoxy) is 1. The molecule has 2 heterocycles. The lowest BCUT2D eigenvalue weighted by molar-refractivity contribution is -0.122. The summed E-state index contributed by atoms with van der Waals surface area (Å²) >= 11 is 1.66. The summed E-state index contributed by atoms with van der Waals surface area (Å²) in [6, 6.07) is 12.0. The van der Waals surface area contributed by atoms with Crippen LogP contribution in [-0.2, 0) is 11.3 Å². The van der Waals surface area contributed by atoms with Crippen LogP contribution in [0.4, 0.5) is 5.82 Å². The molecule has 0 saturated carbocycles. The van der Waals surface area contributed by atoms with Gasteiger partial charge < -0.3 is 10.1 Å². The summed E-state index contributed by atoms with van der Waals surface area (Å²) in [7, 11) is 0. The van der Waals surface area contributed by atoms with Crippen LogP contribution in [0, 0.1) is 6.92 Å². The maximum atomic E-state index is 12.7. The van der Waals surface area contributed by atoms with Crippen LogP contribution in [0.2, 0.25) is 0 Å². The van der Waals surface area contributed by atoms with Crippen LogP contribution in [0.25, 0.3) is 0 Å². The number of carbonyl (C=O) groups is 1. The number of rotatable bonds is 7. The highest BCUT2D eigenvalue weighted by atomic mass is 32.1. The third kappa shape index (κ3) is 4.77. The van der Waals surface area contributed by atoms with Crippen molar-refractivity contribution in [2.75, 3.05) is 5.32 Å². The molecule has 0 spiro atoms. The molecule has 0 saturated heterocycles. The van der Waals surface area contributed by atoms with Gasteiger partial charge in [0.15, 0.2) is 6.10 Å². The summed E-state index contributed by atoms with van der Waals surface area (Å²) in [5.41, 5.74) is 2.21. The fourth-order valence-electron chi connectivity index (χ4n) is 2.81. The zero-order valence-corrected chi connectivity index (χ0v) is 16.9. The van der Waals surface area contributed by atoms with E-state index in [1.165, 1.54) is 4.88 Å². The Hall–Kier alpha value is -2.60. The molecule has 2 aromatic heterocycles. The highest BCUT2D eigenvalue weighted by molar-refractivity contribution is 7.09. The molecule has 1 amide bonds. The summed E-state index contributed by atoms with van der Waals surface area (Å²) in [6.45, 7) is 8.65. The molecule has 6 heteroatoms. The van der Waals surface area contributed by atoms with Crippen LogP contribution < -0.4 is 10.1 Å². The van der Waals surface area contributed by atoms with E-state index in [4.69, 9.17) is 4.74 Å². The first-order valence-corrected chi connectivity index (χ1v) is 9.94. The van der Waals surface area contributed by atoms with E-state index in [-0.39, 0.29) is 5.91 Å². The van der Waals surface area contributed by atoms with Gasteiger partial charge in [-0.2, -0.15) is 5.10 Å². The van der Waals surface area contributed by atoms with Crippen molar-refractivity contribution in [2.24, 2.45) is 0 Å². The second-order valence-electron chi connectivity index (χ2n) is 6.90. The fourth-order valence-corrected chi connectivity index (χ4v) is 3.49. The van der Waals surface area contributed by atoms with Crippen molar-refractivity contribution in [2.45, 2.75) is 46.3 Å². The Labute approximate surface area is 164 Å². The van der Waals surface area contributed by atoms with Gasteiger partial charge in [0, 0.05) is 10.9 Å². The summed E-state index contributed by atoms with van der Waals surface area (Å²) < 4.78 is 7.78. The molecular formula is C21H25N3O2S. The summed E-state index contributed by atoms with van der Waals surface area (Å²) in [5, 5.41) is 9.26. The molecule has 1 N–H and O–H groups in total. The largest absolute Gasteiger partial charge is 0.481 e. The third-order valence-electron chi connectivity index (χ3n) is 4.32. The predicted octanol–water partition coefficient (Wildman–Crippen LogP) is 4.83. The van der Waals surface area contributed by atoms with Gasteiger partial charge in [-0.15, -0.1) is 11.3 Å². The van der Waals surface area contributed by atoms with Crippen molar-refractivity contribution in [1.82, 2.24) is 9.78 Å². The van der Waals surface area contributed by atoms with E-state index in [0.717, 1.165) is 16.9 Å². The van der Waals surface area contributed by atoms with Gasteiger partial charge in [-0.3, -0.25) is 4.79 Å². The zero-order valence-electron chi connectivity index (χ0n) is 16.1. The number of hydrogen-bond donors (Lipinski definition) is 1. The quantitative estimate of drug-likeness (QED) is 0.636. The van der Waals surface area contributed by atoms with E-state index in [2.05, 4.69) is 42.5 Å². The second-order valence-corrected chi connectivity index (χ2v) is 7.93. The number of carbonyl (C=O) groups excluding carboxylic acids is 1. The lowest BCUT2D eigenvalue weighted by Crippen LogP contribution is -2.31. The number of amides is 1. The molecule has 0 aliphatic carbocycles. The molecule has 0 aliphatic rings. The highest BCUT2D eigenvalue weighted by Crippen LogP contribution is 2.28. The monoisotopic (exact) mass is 383 g/mol. The molecule has 0 radical (unpaired) electrons. The Morgan fingerprint density at radius 3 is 2.78 bits per heavy atom. The van der Waals surface area contributed by atoms with Crippen molar-refractivity contribution >= 4 is 23.1 Å². The molecule has 1 aromatic carbocycles. The van der Waals surface area contributed by atoms with Crippen molar-refractivity contribution in [3.05, 3.63) is 64.0 Å². The van der Waals surface area contributed by atoms with Gasteiger partial charge in [0.25, 0.3) is 5.91 Å². The molecule has 27 heavy (non-hydrogen) atoms. The number of nitrogens with one attached hydrogen (secondary N) is 1. The predicted molar refractivity (Wildman–Crippen MR) is 110 cm³/mol. The number of thiophene rings is 1. The minimum atomic E-state index is -0.616. The van der Waals surface area contributed by atoms with Crippen LogP contribution in [0.1, 0.15) is 42.7 Å². The average molecular weight is 384 g/mol. The maximum absolute atomic E-state index is 12.7. The van der Waals surface area contributed by atoms with Gasteiger partial charge in [0.1, 0.15) is 11.6 Å². The molecule has 0 aliphatic heterocycles. The summed E-state index contributed by atoms with van der Waals surface area (Å²) in [6.07, 6.45) is 1.07. The van der Waals surface area contributed by atoms with Crippen LogP contribution in [-0.4, -0.2) is 21.8 Å². The van der Waals surface area contributed by atoms with Crippen molar-refractivity contribution in [3.8, 4) is 5.75 Å². The molecule has 0 fully saturated rings. The fraction of sp³-hybridized carbons (Fsp3) is 0.333. The van der Waals surface area contributed by atoms with Crippen LogP contribution in [0.15, 0.2) is 48.0 Å². The number of aromatic nitrogens is 2. The Morgan fingerprint density at radius 1 is 1.26 bits per heavy atom. The van der Waals surface area contributed by atoms with E-state index in [1.807, 2.05) is 24.4 Å². The molecule has 142 valence electrons. The average Bonchev–Trinajstić information content (AvgIpc) is 3.27. The standard InChI is InChI=1S/C21H25N3O2S/c1-14(2)18-8-7-15(3)12-19(18)26-16(4)21(25)23-20-9-10-22-24(20)13-17-6-5-11-27-17/h5-12,14,16H,13H2,1-4H3,(H,23,25)/t16-/m0/s1. The van der Waals surface area contributed by atoms with Crippen LogP contribution in [0.5, 0.6) is 5.75 Å². The van der Waals surface area contributed by atoms with E-state index in [1.54, 1.807) is 35.2 Å². The Bertz CT molecular complexity index is 900. The van der Waals surface area contributed by atoms with E-state index < -0.39 is 6.10 Å². The molecule has 1 atom stereocenters. The smallest absolute Gasteiger partial charge is 0.266 e. The van der Waals surface area contributed by atoms with E-state index in [9.17, 15) is 4.79 Å². The van der Waals surface area contributed by atoms with Crippen LogP contribution in [0.3, 0.4) is 0 Å². The van der Waals surface area contributed by atoms with Gasteiger partial charge in [-0.1, -0.05) is 32.0 Å². The van der Waals surface area contributed by atoms with Crippen molar-refractivity contribution in [1.29, 1.82) is 0 Å². The number of hydrogen-bond acceptors (Lipinski definition) is 4. The first-order valence-electron chi connectivity index (χ1n) is 9.06. The topological polar surface area (TPSA) is 56.1 Å². The number of benzene rings is 1. The highest BCUT2D eigenvalue weighted by Gasteiger charge is 2.19. The Balaban J connectivity index is 1.69. The minimum Gasteiger partial charge on any atom is -0.481 e. The van der Waals surface area contributed by atoms with Gasteiger partial charge in [0.2, 0.25) is 0 Å². The minimum absolute atomic E-state index is 0.195. The molecule has 0 unspecified atom stereocenters. The van der Waals surface area contributed by atoms with Gasteiger partial charge in [-0.25, -0.2) is 4.68 Å². The maximum Gasteiger partial charge on any atom is 0.266 e. The third-order valence-corrected chi connectivity index (χ3v) is 5.18. The molecular weight excluding hydrogens is 358 g/mol. The first kappa shape index (κ1) is 19.2. The lowest BCUT2D eigenvalue weighted by atomic mass is 10.0. The zero-order chi connectivity index (χ0) is 19.4. The van der Waals surface area contributed by atoms with E-state index >= 15 is 0 Å². The summed E-state index contributed by atoms with van der Waals surface area (Å²) in [5.74, 6) is 1.55. The van der Waals surface area contributed by atoms with Crippen molar-refractivity contribution in [3.63, 3.8) is 0 Å². The normalized spacial score (nSPS) is 12.2. The molecule has 3 rings (SSSR count). The van der Waals surface area contributed by atoms with Gasteiger partial charge in [-0.05, 0) is 48.4 Å². The number of nitrogens with zero attached hydrogens (tertiary/aromatic N) is 2. The summed E-state index contributed by atoms with van der Waals surface area (Å²) in [4.78, 5) is 13.8. The van der Waals surface area contributed by atoms with Crippen LogP contribution >= 0.6 is 11.3 Å². The molecule has 3 aromatic rings. The number of aryl methyl sites for hydroxylation is 1. The molecule has 5 nitrogen and oxygen atoms in total. The Morgan fingerprint density at radius 2 is 2.07 bits per heavy atom.